The Labute approximate surface area is 219 Å². The summed E-state index contributed by atoms with van der Waals surface area (Å²) >= 11 is 1.53. The number of carbonyl (C=O) groups excluding carboxylic acids is 2. The van der Waals surface area contributed by atoms with Gasteiger partial charge in [-0.3, -0.25) is 9.69 Å². The molecule has 0 radical (unpaired) electrons. The number of rotatable bonds is 10. The summed E-state index contributed by atoms with van der Waals surface area (Å²) in [7, 11) is 0. The Hall–Kier alpha value is -3.34. The molecular weight excluding hydrogens is 498 g/mol. The van der Waals surface area contributed by atoms with Gasteiger partial charge in [0.15, 0.2) is 0 Å². The highest BCUT2D eigenvalue weighted by molar-refractivity contribution is 7.09. The van der Waals surface area contributed by atoms with E-state index >= 15 is 0 Å². The van der Waals surface area contributed by atoms with Crippen molar-refractivity contribution in [2.45, 2.75) is 13.1 Å². The number of halogens is 2. The minimum Gasteiger partial charge on any atom is -0.379 e. The third-order valence-corrected chi connectivity index (χ3v) is 6.95. The number of para-hydroxylation sites is 1. The Balaban J connectivity index is 1.49. The molecule has 3 amide bonds. The topological polar surface area (TPSA) is 65.1 Å². The van der Waals surface area contributed by atoms with Gasteiger partial charge in [-0.15, -0.1) is 11.3 Å². The summed E-state index contributed by atoms with van der Waals surface area (Å²) < 4.78 is 33.0. The maximum Gasteiger partial charge on any atom is 0.322 e. The maximum absolute atomic E-state index is 14.2. The van der Waals surface area contributed by atoms with Gasteiger partial charge in [-0.2, -0.15) is 0 Å². The number of hydrogen-bond acceptors (Lipinski definition) is 5. The predicted molar refractivity (Wildman–Crippen MR) is 139 cm³/mol. The zero-order valence-electron chi connectivity index (χ0n) is 20.4. The van der Waals surface area contributed by atoms with Crippen molar-refractivity contribution in [2.24, 2.45) is 0 Å². The van der Waals surface area contributed by atoms with Crippen LogP contribution >= 0.6 is 11.3 Å². The van der Waals surface area contributed by atoms with Gasteiger partial charge in [-0.1, -0.05) is 30.3 Å². The second-order valence-corrected chi connectivity index (χ2v) is 9.77. The smallest absolute Gasteiger partial charge is 0.322 e. The Bertz CT molecular complexity index is 1150. The van der Waals surface area contributed by atoms with Crippen molar-refractivity contribution in [1.82, 2.24) is 14.7 Å². The van der Waals surface area contributed by atoms with Gasteiger partial charge in [0.05, 0.1) is 25.4 Å². The van der Waals surface area contributed by atoms with E-state index in [4.69, 9.17) is 4.74 Å². The van der Waals surface area contributed by atoms with Gasteiger partial charge in [0.1, 0.15) is 18.2 Å². The molecule has 2 aromatic carbocycles. The first kappa shape index (κ1) is 26.7. The van der Waals surface area contributed by atoms with Crippen LogP contribution < -0.4 is 5.32 Å². The monoisotopic (exact) mass is 528 g/mol. The van der Waals surface area contributed by atoms with Crippen LogP contribution in [0.4, 0.5) is 19.3 Å². The third kappa shape index (κ3) is 8.08. The Morgan fingerprint density at radius 1 is 0.946 bits per heavy atom. The maximum atomic E-state index is 14.2. The Morgan fingerprint density at radius 2 is 1.70 bits per heavy atom. The Kier molecular flexibility index (Phi) is 9.58. The molecule has 1 fully saturated rings. The van der Waals surface area contributed by atoms with Gasteiger partial charge >= 0.3 is 6.03 Å². The van der Waals surface area contributed by atoms with E-state index in [0.29, 0.717) is 26.3 Å². The fraction of sp³-hybridized carbons (Fsp3) is 0.333. The zero-order chi connectivity index (χ0) is 26.0. The van der Waals surface area contributed by atoms with Crippen LogP contribution in [0.1, 0.15) is 10.4 Å². The molecule has 0 unspecified atom stereocenters. The average Bonchev–Trinajstić information content (AvgIpc) is 3.42. The van der Waals surface area contributed by atoms with Gasteiger partial charge in [-0.05, 0) is 41.3 Å². The molecule has 7 nitrogen and oxygen atoms in total. The molecule has 2 heterocycles. The number of nitrogens with zero attached hydrogens (tertiary/aromatic N) is 3. The van der Waals surface area contributed by atoms with Crippen LogP contribution in [0.2, 0.25) is 0 Å². The first-order valence-electron chi connectivity index (χ1n) is 12.1. The van der Waals surface area contributed by atoms with Gasteiger partial charge < -0.3 is 19.9 Å². The van der Waals surface area contributed by atoms with E-state index in [9.17, 15) is 18.4 Å². The lowest BCUT2D eigenvalue weighted by molar-refractivity contribution is -0.133. The van der Waals surface area contributed by atoms with Crippen LogP contribution in [-0.4, -0.2) is 72.6 Å². The highest BCUT2D eigenvalue weighted by Gasteiger charge is 2.24. The second kappa shape index (κ2) is 13.3. The first-order chi connectivity index (χ1) is 18.0. The summed E-state index contributed by atoms with van der Waals surface area (Å²) in [6, 6.07) is 15.2. The van der Waals surface area contributed by atoms with Gasteiger partial charge in [0.2, 0.25) is 5.91 Å². The molecule has 0 saturated carbocycles. The minimum atomic E-state index is -0.551. The van der Waals surface area contributed by atoms with Crippen molar-refractivity contribution in [3.05, 3.63) is 88.1 Å². The number of morpholine rings is 1. The molecule has 4 rings (SSSR count). The number of nitrogens with one attached hydrogen (secondary N) is 1. The van der Waals surface area contributed by atoms with Gasteiger partial charge in [-0.25, -0.2) is 13.6 Å². The molecule has 1 aliphatic heterocycles. The standard InChI is InChI=1S/C27H30F2N4O3S/c28-22-9-7-21(8-10-22)18-33(19-23-4-3-17-37-23)26(34)20-32(12-11-31-13-15-36-16-14-31)27(35)30-25-6-2-1-5-24(25)29/h1-10,17H,11-16,18-20H2,(H,30,35). The molecule has 3 aromatic rings. The van der Waals surface area contributed by atoms with Crippen molar-refractivity contribution >= 4 is 29.0 Å². The van der Waals surface area contributed by atoms with Gasteiger partial charge in [0, 0.05) is 37.6 Å². The number of carbonyl (C=O) groups is 2. The first-order valence-corrected chi connectivity index (χ1v) is 13.0. The summed E-state index contributed by atoms with van der Waals surface area (Å²) in [6.07, 6.45) is 0. The lowest BCUT2D eigenvalue weighted by Gasteiger charge is -2.31. The summed E-state index contributed by atoms with van der Waals surface area (Å²) in [5.74, 6) is -1.16. The van der Waals surface area contributed by atoms with Crippen molar-refractivity contribution in [3.8, 4) is 0 Å². The normalized spacial score (nSPS) is 13.8. The third-order valence-electron chi connectivity index (χ3n) is 6.08. The highest BCUT2D eigenvalue weighted by atomic mass is 32.1. The second-order valence-electron chi connectivity index (χ2n) is 8.74. The van der Waals surface area contributed by atoms with E-state index in [2.05, 4.69) is 10.2 Å². The van der Waals surface area contributed by atoms with Gasteiger partial charge in [0.25, 0.3) is 0 Å². The van der Waals surface area contributed by atoms with E-state index < -0.39 is 11.8 Å². The zero-order valence-corrected chi connectivity index (χ0v) is 21.3. The molecule has 37 heavy (non-hydrogen) atoms. The molecule has 0 bridgehead atoms. The van der Waals surface area contributed by atoms with Crippen LogP contribution in [0.3, 0.4) is 0 Å². The minimum absolute atomic E-state index is 0.0538. The number of thiophene rings is 1. The Morgan fingerprint density at radius 3 is 2.41 bits per heavy atom. The van der Waals surface area contributed by atoms with E-state index in [1.165, 1.54) is 40.5 Å². The number of benzene rings is 2. The van der Waals surface area contributed by atoms with E-state index in [1.807, 2.05) is 17.5 Å². The summed E-state index contributed by atoms with van der Waals surface area (Å²) in [5, 5.41) is 4.54. The lowest BCUT2D eigenvalue weighted by atomic mass is 10.2. The number of ether oxygens (including phenoxy) is 1. The molecule has 1 saturated heterocycles. The average molecular weight is 529 g/mol. The van der Waals surface area contributed by atoms with Crippen molar-refractivity contribution in [3.63, 3.8) is 0 Å². The largest absolute Gasteiger partial charge is 0.379 e. The molecule has 0 spiro atoms. The van der Waals surface area contributed by atoms with Crippen LogP contribution in [0.15, 0.2) is 66.0 Å². The molecule has 196 valence electrons. The molecule has 0 atom stereocenters. The van der Waals surface area contributed by atoms with Crippen molar-refractivity contribution in [1.29, 1.82) is 0 Å². The summed E-state index contributed by atoms with van der Waals surface area (Å²) in [6.45, 7) is 4.01. The van der Waals surface area contributed by atoms with Crippen LogP contribution in [-0.2, 0) is 22.6 Å². The SMILES string of the molecule is O=C(CN(CCN1CCOCC1)C(=O)Nc1ccccc1F)N(Cc1ccc(F)cc1)Cc1cccs1. The predicted octanol–water partition coefficient (Wildman–Crippen LogP) is 4.42. The quantitative estimate of drug-likeness (QED) is 0.423. The highest BCUT2D eigenvalue weighted by Crippen LogP contribution is 2.17. The van der Waals surface area contributed by atoms with E-state index in [1.54, 1.807) is 29.2 Å². The van der Waals surface area contributed by atoms with Crippen LogP contribution in [0.25, 0.3) is 0 Å². The van der Waals surface area contributed by atoms with Crippen LogP contribution in [0, 0.1) is 11.6 Å². The fourth-order valence-electron chi connectivity index (χ4n) is 3.99. The van der Waals surface area contributed by atoms with Crippen LogP contribution in [0.5, 0.6) is 0 Å². The molecule has 0 aliphatic carbocycles. The molecule has 1 N–H and O–H groups in total. The molecule has 10 heteroatoms. The van der Waals surface area contributed by atoms with E-state index in [-0.39, 0.29) is 37.0 Å². The summed E-state index contributed by atoms with van der Waals surface area (Å²) in [4.78, 5) is 33.0. The number of anilines is 1. The molecule has 1 aromatic heterocycles. The number of hydrogen-bond donors (Lipinski definition) is 1. The molecule has 1 aliphatic rings. The van der Waals surface area contributed by atoms with Crippen molar-refractivity contribution < 1.29 is 23.1 Å². The lowest BCUT2D eigenvalue weighted by Crippen LogP contribution is -2.48. The van der Waals surface area contributed by atoms with E-state index in [0.717, 1.165) is 23.5 Å². The molecular formula is C27H30F2N4O3S. The fourth-order valence-corrected chi connectivity index (χ4v) is 4.71. The van der Waals surface area contributed by atoms with Crippen molar-refractivity contribution in [2.75, 3.05) is 51.3 Å². The summed E-state index contributed by atoms with van der Waals surface area (Å²) in [5.41, 5.74) is 0.833. The number of amides is 3. The number of urea groups is 1.